The van der Waals surface area contributed by atoms with E-state index in [0.717, 1.165) is 5.56 Å². The van der Waals surface area contributed by atoms with Crippen molar-refractivity contribution in [3.63, 3.8) is 0 Å². The molecule has 0 aromatic heterocycles. The molecule has 0 spiro atoms. The van der Waals surface area contributed by atoms with Gasteiger partial charge in [-0.3, -0.25) is 4.79 Å². The predicted molar refractivity (Wildman–Crippen MR) is 85.8 cm³/mol. The number of nitrogens with one attached hydrogen (secondary N) is 1. The molecule has 1 fully saturated rings. The number of rotatable bonds is 4. The van der Waals surface area contributed by atoms with Crippen LogP contribution in [0.25, 0.3) is 0 Å². The highest BCUT2D eigenvalue weighted by atomic mass is 16.7. The molecule has 1 aliphatic rings. The Hall–Kier alpha value is -1.72. The van der Waals surface area contributed by atoms with Crippen LogP contribution in [0.1, 0.15) is 45.2 Å². The smallest absolute Gasteiger partial charge is 0.245 e. The molecular formula is C17H24N2O3. The van der Waals surface area contributed by atoms with Crippen LogP contribution in [0.2, 0.25) is 0 Å². The van der Waals surface area contributed by atoms with Crippen molar-refractivity contribution in [1.82, 2.24) is 5.43 Å². The van der Waals surface area contributed by atoms with Crippen LogP contribution < -0.4 is 5.43 Å². The van der Waals surface area contributed by atoms with E-state index in [4.69, 9.17) is 9.47 Å². The lowest BCUT2D eigenvalue weighted by atomic mass is 9.87. The predicted octanol–water partition coefficient (Wildman–Crippen LogP) is 2.59. The van der Waals surface area contributed by atoms with E-state index < -0.39 is 5.79 Å². The van der Waals surface area contributed by atoms with Crippen molar-refractivity contribution >= 4 is 12.1 Å². The molecule has 5 nitrogen and oxygen atoms in total. The summed E-state index contributed by atoms with van der Waals surface area (Å²) in [4.78, 5) is 11.8. The summed E-state index contributed by atoms with van der Waals surface area (Å²) in [5.41, 5.74) is 4.82. The molecule has 1 aliphatic heterocycles. The van der Waals surface area contributed by atoms with Gasteiger partial charge in [0, 0.05) is 0 Å². The molecule has 0 saturated carbocycles. The molecule has 2 rings (SSSR count). The molecule has 5 heteroatoms. The van der Waals surface area contributed by atoms with Crippen LogP contribution >= 0.6 is 0 Å². The number of carbonyl (C=O) groups excluding carboxylic acids is 1. The lowest BCUT2D eigenvalue weighted by Gasteiger charge is -2.20. The van der Waals surface area contributed by atoms with E-state index in [-0.39, 0.29) is 17.7 Å². The van der Waals surface area contributed by atoms with Crippen LogP contribution in [0.15, 0.2) is 29.4 Å². The highest BCUT2D eigenvalue weighted by Crippen LogP contribution is 2.22. The molecule has 1 aromatic rings. The molecule has 1 N–H and O–H groups in total. The monoisotopic (exact) mass is 304 g/mol. The zero-order valence-corrected chi connectivity index (χ0v) is 13.7. The van der Waals surface area contributed by atoms with Gasteiger partial charge in [0.25, 0.3) is 0 Å². The minimum Gasteiger partial charge on any atom is -0.347 e. The third-order valence-corrected chi connectivity index (χ3v) is 3.56. The molecule has 1 saturated heterocycles. The molecule has 1 heterocycles. The van der Waals surface area contributed by atoms with Crippen molar-refractivity contribution in [3.05, 3.63) is 35.4 Å². The van der Waals surface area contributed by atoms with Gasteiger partial charge in [-0.15, -0.1) is 0 Å². The van der Waals surface area contributed by atoms with Gasteiger partial charge in [-0.1, -0.05) is 45.0 Å². The zero-order chi connectivity index (χ0) is 16.2. The van der Waals surface area contributed by atoms with Crippen LogP contribution in [0, 0.1) is 0 Å². The molecule has 22 heavy (non-hydrogen) atoms. The first-order chi connectivity index (χ1) is 10.3. The maximum atomic E-state index is 11.8. The van der Waals surface area contributed by atoms with Gasteiger partial charge in [0.2, 0.25) is 5.91 Å². The minimum atomic E-state index is -0.825. The minimum absolute atomic E-state index is 0.126. The number of hydrogen-bond donors (Lipinski definition) is 1. The second kappa shape index (κ2) is 6.58. The third kappa shape index (κ3) is 4.64. The molecule has 0 atom stereocenters. The molecule has 0 radical (unpaired) electrons. The second-order valence-corrected chi connectivity index (χ2v) is 6.67. The number of nitrogens with zero attached hydrogens (tertiary/aromatic N) is 1. The Bertz CT molecular complexity index is 538. The summed E-state index contributed by atoms with van der Waals surface area (Å²) < 4.78 is 10.8. The highest BCUT2D eigenvalue weighted by Gasteiger charge is 2.33. The van der Waals surface area contributed by atoms with E-state index in [9.17, 15) is 4.79 Å². The molecule has 120 valence electrons. The molecular weight excluding hydrogens is 280 g/mol. The third-order valence-electron chi connectivity index (χ3n) is 3.56. The van der Waals surface area contributed by atoms with Crippen LogP contribution in [0.4, 0.5) is 0 Å². The first kappa shape index (κ1) is 16.6. The Morgan fingerprint density at radius 2 is 1.86 bits per heavy atom. The van der Waals surface area contributed by atoms with Gasteiger partial charge in [0.15, 0.2) is 5.79 Å². The first-order valence-electron chi connectivity index (χ1n) is 7.49. The van der Waals surface area contributed by atoms with Crippen molar-refractivity contribution < 1.29 is 14.3 Å². The maximum Gasteiger partial charge on any atom is 0.245 e. The van der Waals surface area contributed by atoms with Gasteiger partial charge < -0.3 is 9.47 Å². The number of amides is 1. The maximum absolute atomic E-state index is 11.8. The zero-order valence-electron chi connectivity index (χ0n) is 13.7. The average Bonchev–Trinajstić information content (AvgIpc) is 2.84. The number of hydrogen-bond acceptors (Lipinski definition) is 4. The topological polar surface area (TPSA) is 59.9 Å². The fourth-order valence-electron chi connectivity index (χ4n) is 2.24. The van der Waals surface area contributed by atoms with Gasteiger partial charge in [-0.2, -0.15) is 5.10 Å². The van der Waals surface area contributed by atoms with Crippen molar-refractivity contribution in [1.29, 1.82) is 0 Å². The van der Waals surface area contributed by atoms with Crippen molar-refractivity contribution in [2.24, 2.45) is 5.10 Å². The lowest BCUT2D eigenvalue weighted by Crippen LogP contribution is -2.33. The largest absolute Gasteiger partial charge is 0.347 e. The Labute approximate surface area is 131 Å². The van der Waals surface area contributed by atoms with Crippen LogP contribution in [0.3, 0.4) is 0 Å². The molecule has 0 bridgehead atoms. The molecule has 1 amide bonds. The lowest BCUT2D eigenvalue weighted by molar-refractivity contribution is -0.159. The van der Waals surface area contributed by atoms with Crippen molar-refractivity contribution in [3.8, 4) is 0 Å². The van der Waals surface area contributed by atoms with Gasteiger partial charge in [0.05, 0.1) is 25.8 Å². The normalized spacial score (nSPS) is 17.8. The fourth-order valence-corrected chi connectivity index (χ4v) is 2.24. The summed E-state index contributed by atoms with van der Waals surface area (Å²) in [6, 6.07) is 8.12. The van der Waals surface area contributed by atoms with Gasteiger partial charge >= 0.3 is 0 Å². The van der Waals surface area contributed by atoms with E-state index in [2.05, 4.69) is 43.4 Å². The summed E-state index contributed by atoms with van der Waals surface area (Å²) in [6.07, 6.45) is 1.76. The van der Waals surface area contributed by atoms with Crippen molar-refractivity contribution in [2.75, 3.05) is 13.2 Å². The van der Waals surface area contributed by atoms with E-state index in [0.29, 0.717) is 13.2 Å². The first-order valence-corrected chi connectivity index (χ1v) is 7.49. The summed E-state index contributed by atoms with van der Waals surface area (Å²) >= 11 is 0. The fraction of sp³-hybridized carbons (Fsp3) is 0.529. The van der Waals surface area contributed by atoms with Crippen LogP contribution in [-0.2, 0) is 19.7 Å². The summed E-state index contributed by atoms with van der Waals surface area (Å²) in [6.45, 7) is 9.31. The summed E-state index contributed by atoms with van der Waals surface area (Å²) in [5.74, 6) is -1.06. The van der Waals surface area contributed by atoms with Gasteiger partial charge in [-0.05, 0) is 23.5 Å². The van der Waals surface area contributed by atoms with Crippen LogP contribution in [-0.4, -0.2) is 31.1 Å². The Kier molecular flexibility index (Phi) is 4.98. The summed E-state index contributed by atoms with van der Waals surface area (Å²) in [5, 5.41) is 3.97. The number of ether oxygens (including phenoxy) is 2. The van der Waals surface area contributed by atoms with Gasteiger partial charge in [0.1, 0.15) is 0 Å². The average molecular weight is 304 g/mol. The van der Waals surface area contributed by atoms with E-state index in [1.165, 1.54) is 5.56 Å². The van der Waals surface area contributed by atoms with E-state index in [1.54, 1.807) is 13.1 Å². The Morgan fingerprint density at radius 3 is 2.41 bits per heavy atom. The number of hydrazone groups is 1. The second-order valence-electron chi connectivity index (χ2n) is 6.67. The summed E-state index contributed by atoms with van der Waals surface area (Å²) in [7, 11) is 0. The SMILES string of the molecule is CC1(CC(=O)NN=Cc2ccc(C(C)(C)C)cc2)OCCO1. The Morgan fingerprint density at radius 1 is 1.27 bits per heavy atom. The highest BCUT2D eigenvalue weighted by molar-refractivity contribution is 5.82. The molecule has 1 aromatic carbocycles. The van der Waals surface area contributed by atoms with E-state index >= 15 is 0 Å². The molecule has 0 aliphatic carbocycles. The van der Waals surface area contributed by atoms with E-state index in [1.807, 2.05) is 12.1 Å². The quantitative estimate of drug-likeness (QED) is 0.687. The number of benzene rings is 1. The van der Waals surface area contributed by atoms with Crippen molar-refractivity contribution in [2.45, 2.75) is 45.3 Å². The number of carbonyl (C=O) groups is 1. The Balaban J connectivity index is 1.85. The van der Waals surface area contributed by atoms with Crippen LogP contribution in [0.5, 0.6) is 0 Å². The van der Waals surface area contributed by atoms with Gasteiger partial charge in [-0.25, -0.2) is 5.43 Å². The molecule has 0 unspecified atom stereocenters. The standard InChI is InChI=1S/C17H24N2O3/c1-16(2,3)14-7-5-13(6-8-14)12-18-19-15(20)11-17(4)21-9-10-22-17/h5-8,12H,9-11H2,1-4H3,(H,19,20).